The average Bonchev–Trinajstić information content (AvgIpc) is 3.49. The minimum atomic E-state index is -2.28. The second-order valence-corrected chi connectivity index (χ2v) is 12.6. The molecule has 0 radical (unpaired) electrons. The van der Waals surface area contributed by atoms with Gasteiger partial charge in [0.1, 0.15) is 79.9 Å². The van der Waals surface area contributed by atoms with Crippen molar-refractivity contribution < 1.29 is 103 Å². The zero-order valence-corrected chi connectivity index (χ0v) is 28.5. The lowest BCUT2D eigenvalue weighted by molar-refractivity contribution is -0.374. The summed E-state index contributed by atoms with van der Waals surface area (Å²) in [6, 6.07) is 0. The van der Waals surface area contributed by atoms with E-state index in [1.165, 1.54) is 0 Å². The third kappa shape index (κ3) is 10.3. The molecule has 4 aliphatic heterocycles. The molecule has 16 atom stereocenters. The van der Waals surface area contributed by atoms with Crippen molar-refractivity contribution in [2.24, 2.45) is 0 Å². The van der Waals surface area contributed by atoms with E-state index in [9.17, 15) is 60.3 Å². The zero-order chi connectivity index (χ0) is 39.0. The van der Waals surface area contributed by atoms with Gasteiger partial charge in [0.05, 0.1) is 19.8 Å². The number of carbonyl (C=O) groups is 3. The number of alkyl carbamates (subject to hydrolysis) is 2. The fraction of sp³-hybridized carbons (Fsp3) is 0.833. The Morgan fingerprint density at radius 3 is 1.89 bits per heavy atom. The van der Waals surface area contributed by atoms with Crippen molar-refractivity contribution in [2.45, 2.75) is 118 Å². The molecule has 2 amide bonds. The number of allylic oxidation sites excluding steroid dienone is 1. The average molecular weight is 773 g/mol. The summed E-state index contributed by atoms with van der Waals surface area (Å²) in [5, 5.41) is 97.8. The Balaban J connectivity index is 1.40. The second kappa shape index (κ2) is 19.1. The van der Waals surface area contributed by atoms with Crippen molar-refractivity contribution in [2.75, 3.05) is 39.5 Å². The molecule has 9 unspecified atom stereocenters. The molecule has 304 valence electrons. The lowest BCUT2D eigenvalue weighted by Gasteiger charge is -2.47. The van der Waals surface area contributed by atoms with Crippen LogP contribution in [0.4, 0.5) is 9.59 Å². The summed E-state index contributed by atoms with van der Waals surface area (Å²) in [5.74, 6) is -3.84. The molecule has 4 aliphatic rings. The Morgan fingerprint density at radius 1 is 0.736 bits per heavy atom. The number of amides is 2. The highest BCUT2D eigenvalue weighted by atomic mass is 16.8. The quantitative estimate of drug-likeness (QED) is 0.0515. The van der Waals surface area contributed by atoms with Crippen LogP contribution in [0.5, 0.6) is 0 Å². The van der Waals surface area contributed by atoms with Gasteiger partial charge >= 0.3 is 18.2 Å². The second-order valence-electron chi connectivity index (χ2n) is 12.6. The number of carboxylic acid groups (broad SMARTS) is 1. The van der Waals surface area contributed by atoms with E-state index >= 15 is 0 Å². The van der Waals surface area contributed by atoms with Gasteiger partial charge in [-0.05, 0) is 12.8 Å². The van der Waals surface area contributed by atoms with E-state index in [4.69, 9.17) is 42.6 Å². The summed E-state index contributed by atoms with van der Waals surface area (Å²) in [6.45, 7) is 2.29. The number of hydrogen-bond acceptors (Lipinski definition) is 20. The van der Waals surface area contributed by atoms with Gasteiger partial charge in [-0.1, -0.05) is 6.08 Å². The molecule has 4 heterocycles. The van der Waals surface area contributed by atoms with Crippen LogP contribution in [0, 0.1) is 0 Å². The van der Waals surface area contributed by atoms with Crippen LogP contribution in [0.3, 0.4) is 0 Å². The maximum absolute atomic E-state index is 12.5. The van der Waals surface area contributed by atoms with Crippen molar-refractivity contribution in [1.29, 1.82) is 0 Å². The molecule has 0 aromatic heterocycles. The van der Waals surface area contributed by atoms with E-state index in [0.717, 1.165) is 6.92 Å². The number of carbonyl (C=O) groups excluding carboxylic acids is 2. The molecule has 23 heteroatoms. The van der Waals surface area contributed by atoms with E-state index in [0.29, 0.717) is 12.8 Å². The fourth-order valence-electron chi connectivity index (χ4n) is 5.83. The molecule has 11 N–H and O–H groups in total. The highest BCUT2D eigenvalue weighted by Crippen LogP contribution is 2.39. The minimum Gasteiger partial charge on any atom is -0.477 e. The fourth-order valence-corrected chi connectivity index (χ4v) is 5.83. The van der Waals surface area contributed by atoms with Crippen LogP contribution >= 0.6 is 0 Å². The predicted molar refractivity (Wildman–Crippen MR) is 166 cm³/mol. The van der Waals surface area contributed by atoms with Crippen molar-refractivity contribution in [3.8, 4) is 0 Å². The minimum absolute atomic E-state index is 0.0329. The van der Waals surface area contributed by atoms with Crippen LogP contribution in [0.1, 0.15) is 19.8 Å². The molecule has 0 aromatic rings. The number of ether oxygens (including phenoxy) is 9. The van der Waals surface area contributed by atoms with E-state index in [1.54, 1.807) is 6.08 Å². The number of fused-ring (bicyclic) bond motifs is 1. The molecule has 53 heavy (non-hydrogen) atoms. The van der Waals surface area contributed by atoms with Crippen LogP contribution in [-0.2, 0) is 47.4 Å². The lowest BCUT2D eigenvalue weighted by atomic mass is 9.96. The number of carboxylic acids is 1. The van der Waals surface area contributed by atoms with Gasteiger partial charge in [-0.15, -0.1) is 6.58 Å². The molecule has 23 nitrogen and oxygen atoms in total. The molecule has 4 saturated heterocycles. The number of aliphatic hydroxyl groups is 8. The first kappa shape index (κ1) is 42.9. The first-order valence-electron chi connectivity index (χ1n) is 16.7. The van der Waals surface area contributed by atoms with Gasteiger partial charge in [-0.3, -0.25) is 0 Å². The summed E-state index contributed by atoms with van der Waals surface area (Å²) in [5.41, 5.74) is 0. The smallest absolute Gasteiger partial charge is 0.407 e. The summed E-state index contributed by atoms with van der Waals surface area (Å²) in [6.07, 6.45) is -24.5. The normalized spacial score (nSPS) is 41.2. The van der Waals surface area contributed by atoms with Crippen molar-refractivity contribution in [1.82, 2.24) is 10.6 Å². The monoisotopic (exact) mass is 772 g/mol. The molecule has 4 fully saturated rings. The number of unbranched alkanes of at least 4 members (excludes halogenated alkanes) is 1. The Bertz CT molecular complexity index is 1230. The largest absolute Gasteiger partial charge is 0.477 e. The molecular formula is C30H48N2O21. The van der Waals surface area contributed by atoms with Crippen molar-refractivity contribution >= 4 is 18.2 Å². The van der Waals surface area contributed by atoms with Gasteiger partial charge < -0.3 is 99.2 Å². The standard InChI is InChI=1S/C30H48N2O21/c1-3-4-5-8-45-28(43)31-6-7-32-29(44)46-11-14-22(20(40)23-26(49-14)53-30(2,52-23)27(41)42)51-25-19(39)17(37)21(13(10-34)48-25)50-24-18(38)16(36)15(35)12(9-33)47-24/h3,12-26,33-40H,1,4-11H2,2H3,(H,31,43)(H,32,44)(H,41,42)/t12?,13?,14?,15-,16?,17?,18?,19?,20?,21-,22+,23?,24+,25-,26+,30-/m0/s1. The van der Waals surface area contributed by atoms with Crippen LogP contribution in [0.15, 0.2) is 12.7 Å². The van der Waals surface area contributed by atoms with Gasteiger partial charge in [-0.2, -0.15) is 0 Å². The number of aliphatic carboxylic acids is 1. The molecule has 0 spiro atoms. The third-order valence-corrected chi connectivity index (χ3v) is 8.79. The van der Waals surface area contributed by atoms with Gasteiger partial charge in [0.25, 0.3) is 5.79 Å². The van der Waals surface area contributed by atoms with Gasteiger partial charge in [0.2, 0.25) is 0 Å². The lowest BCUT2D eigenvalue weighted by Crippen LogP contribution is -2.66. The maximum atomic E-state index is 12.5. The predicted octanol–water partition coefficient (Wildman–Crippen LogP) is -5.28. The van der Waals surface area contributed by atoms with E-state index in [1.807, 2.05) is 0 Å². The van der Waals surface area contributed by atoms with Gasteiger partial charge in [-0.25, -0.2) is 14.4 Å². The number of hydrogen-bond donors (Lipinski definition) is 11. The molecular weight excluding hydrogens is 724 g/mol. The topological polar surface area (TPSA) is 340 Å². The Morgan fingerprint density at radius 2 is 1.30 bits per heavy atom. The summed E-state index contributed by atoms with van der Waals surface area (Å²) in [4.78, 5) is 36.0. The highest BCUT2D eigenvalue weighted by Gasteiger charge is 2.60. The summed E-state index contributed by atoms with van der Waals surface area (Å²) < 4.78 is 49.0. The highest BCUT2D eigenvalue weighted by molar-refractivity contribution is 5.75. The Labute approximate surface area is 301 Å². The maximum Gasteiger partial charge on any atom is 0.407 e. The van der Waals surface area contributed by atoms with Crippen LogP contribution in [0.25, 0.3) is 0 Å². The number of rotatable bonds is 16. The molecule has 0 aromatic carbocycles. The first-order chi connectivity index (χ1) is 25.1. The molecule has 4 rings (SSSR count). The van der Waals surface area contributed by atoms with E-state index in [-0.39, 0.29) is 19.7 Å². The summed E-state index contributed by atoms with van der Waals surface area (Å²) >= 11 is 0. The van der Waals surface area contributed by atoms with Crippen LogP contribution in [-0.4, -0.2) is 202 Å². The zero-order valence-electron chi connectivity index (χ0n) is 28.5. The number of aliphatic hydroxyl groups excluding tert-OH is 8. The van der Waals surface area contributed by atoms with Gasteiger partial charge in [0.15, 0.2) is 18.9 Å². The van der Waals surface area contributed by atoms with Crippen LogP contribution < -0.4 is 10.6 Å². The molecule has 0 saturated carbocycles. The van der Waals surface area contributed by atoms with E-state index in [2.05, 4.69) is 17.2 Å². The third-order valence-electron chi connectivity index (χ3n) is 8.79. The number of nitrogens with one attached hydrogen (secondary N) is 2. The van der Waals surface area contributed by atoms with Crippen molar-refractivity contribution in [3.63, 3.8) is 0 Å². The molecule has 0 aliphatic carbocycles. The molecule has 0 bridgehead atoms. The first-order valence-corrected chi connectivity index (χ1v) is 16.7. The van der Waals surface area contributed by atoms with E-state index < -0.39 is 136 Å². The Hall–Kier alpha value is -2.85. The van der Waals surface area contributed by atoms with Gasteiger partial charge in [0, 0.05) is 20.0 Å². The Kier molecular flexibility index (Phi) is 15.5. The SMILES string of the molecule is C=CCCCOC(=O)NCCNC(=O)OCC1O[C@@H]2O[C@@](C)(C(=O)O)OC2C(O)[C@@H]1O[C@@H]1OC(CO)[C@H](O[C@H]2OC(CO)[C@H](O)C(O)C2O)C(O)C1O. The van der Waals surface area contributed by atoms with Crippen molar-refractivity contribution in [3.05, 3.63) is 12.7 Å². The van der Waals surface area contributed by atoms with Crippen LogP contribution in [0.2, 0.25) is 0 Å². The summed E-state index contributed by atoms with van der Waals surface area (Å²) in [7, 11) is 0.